The fraction of sp³-hybridized carbons (Fsp3) is 0.625. The summed E-state index contributed by atoms with van der Waals surface area (Å²) in [6.07, 6.45) is 5.50. The van der Waals surface area contributed by atoms with Gasteiger partial charge in [0.05, 0.1) is 19.9 Å². The Morgan fingerprint density at radius 3 is 2.09 bits per heavy atom. The van der Waals surface area contributed by atoms with Crippen molar-refractivity contribution in [2.24, 2.45) is 0 Å². The van der Waals surface area contributed by atoms with E-state index in [0.717, 1.165) is 16.6 Å². The fourth-order valence-corrected chi connectivity index (χ4v) is 2.51. The summed E-state index contributed by atoms with van der Waals surface area (Å²) in [6, 6.07) is 8.50. The van der Waals surface area contributed by atoms with Crippen LogP contribution in [0.25, 0.3) is 0 Å². The van der Waals surface area contributed by atoms with Gasteiger partial charge in [-0.2, -0.15) is 0 Å². The third-order valence-electron chi connectivity index (χ3n) is 2.96. The van der Waals surface area contributed by atoms with E-state index < -0.39 is 0 Å². The summed E-state index contributed by atoms with van der Waals surface area (Å²) in [5, 5.41) is 0. The Balaban J connectivity index is 0.000000382. The first-order valence-corrected chi connectivity index (χ1v) is 8.56. The molecule has 0 atom stereocenters. The number of nitrogens with one attached hydrogen (secondary N) is 3. The molecule has 1 aromatic carbocycles. The van der Waals surface area contributed by atoms with Crippen LogP contribution in [0.4, 0.5) is 5.69 Å². The maximum atomic E-state index is 4.89. The van der Waals surface area contributed by atoms with E-state index in [0.29, 0.717) is 0 Å². The van der Waals surface area contributed by atoms with Crippen LogP contribution in [-0.2, 0) is 9.02 Å². The molecule has 0 radical (unpaired) electrons. The predicted octanol–water partition coefficient (Wildman–Crippen LogP) is 3.99. The van der Waals surface area contributed by atoms with Crippen LogP contribution in [0.3, 0.4) is 0 Å². The van der Waals surface area contributed by atoms with Crippen LogP contribution in [0.15, 0.2) is 29.2 Å². The molecule has 0 bridgehead atoms. The number of rotatable bonds is 6. The van der Waals surface area contributed by atoms with Crippen LogP contribution in [0.1, 0.15) is 39.5 Å². The summed E-state index contributed by atoms with van der Waals surface area (Å²) in [7, 11) is 5.15. The molecule has 0 amide bonds. The van der Waals surface area contributed by atoms with Gasteiger partial charge in [-0.05, 0) is 44.2 Å². The highest BCUT2D eigenvalue weighted by atomic mass is 32.2. The van der Waals surface area contributed by atoms with Crippen molar-refractivity contribution >= 4 is 17.7 Å². The van der Waals surface area contributed by atoms with Crippen LogP contribution in [-0.4, -0.2) is 27.3 Å². The highest BCUT2D eigenvalue weighted by Crippen LogP contribution is 2.19. The second-order valence-corrected chi connectivity index (χ2v) is 5.43. The molecule has 2 rings (SSSR count). The highest BCUT2D eigenvalue weighted by molar-refractivity contribution is 7.94. The Morgan fingerprint density at radius 2 is 1.64 bits per heavy atom. The minimum atomic E-state index is 0.750. The van der Waals surface area contributed by atoms with Gasteiger partial charge in [-0.25, -0.2) is 0 Å². The Bertz CT molecular complexity index is 319. The number of anilines is 1. The third kappa shape index (κ3) is 10.0. The molecule has 1 saturated carbocycles. The van der Waals surface area contributed by atoms with Crippen molar-refractivity contribution in [3.05, 3.63) is 24.3 Å². The first kappa shape index (κ1) is 21.2. The van der Waals surface area contributed by atoms with Crippen molar-refractivity contribution in [1.82, 2.24) is 10.9 Å². The van der Waals surface area contributed by atoms with Gasteiger partial charge in [0, 0.05) is 23.0 Å². The van der Waals surface area contributed by atoms with Crippen molar-refractivity contribution in [2.45, 2.75) is 50.5 Å². The zero-order valence-electron chi connectivity index (χ0n) is 14.4. The molecule has 0 saturated heterocycles. The van der Waals surface area contributed by atoms with Gasteiger partial charge in [-0.1, -0.05) is 26.7 Å². The van der Waals surface area contributed by atoms with Crippen LogP contribution in [0.5, 0.6) is 0 Å². The molecule has 0 spiro atoms. The smallest absolute Gasteiger partial charge is 0.0636 e. The van der Waals surface area contributed by atoms with Crippen molar-refractivity contribution in [2.75, 3.05) is 26.7 Å². The van der Waals surface area contributed by atoms with Gasteiger partial charge >= 0.3 is 0 Å². The Labute approximate surface area is 139 Å². The predicted molar refractivity (Wildman–Crippen MR) is 95.7 cm³/mol. The van der Waals surface area contributed by atoms with E-state index in [1.807, 2.05) is 45.2 Å². The van der Waals surface area contributed by atoms with E-state index in [-0.39, 0.29) is 0 Å². The molecule has 6 heteroatoms. The van der Waals surface area contributed by atoms with Crippen molar-refractivity contribution < 1.29 is 9.02 Å². The Morgan fingerprint density at radius 1 is 1.05 bits per heavy atom. The summed E-state index contributed by atoms with van der Waals surface area (Å²) in [6.45, 7) is 4.00. The molecule has 1 fully saturated rings. The zero-order chi connectivity index (χ0) is 16.6. The average molecular weight is 330 g/mol. The first-order chi connectivity index (χ1) is 10.8. The molecule has 5 nitrogen and oxygen atoms in total. The van der Waals surface area contributed by atoms with Gasteiger partial charge in [0.15, 0.2) is 0 Å². The number of hydrogen-bond acceptors (Lipinski definition) is 6. The molecule has 1 aromatic rings. The van der Waals surface area contributed by atoms with Gasteiger partial charge in [-0.15, -0.1) is 0 Å². The number of hydrogen-bond donors (Lipinski definition) is 3. The summed E-state index contributed by atoms with van der Waals surface area (Å²) < 4.78 is 4.89. The Kier molecular flexibility index (Phi) is 14.6. The second kappa shape index (κ2) is 15.1. The van der Waals surface area contributed by atoms with Gasteiger partial charge in [0.1, 0.15) is 0 Å². The largest absolute Gasteiger partial charge is 0.314 e. The van der Waals surface area contributed by atoms with E-state index in [1.54, 1.807) is 14.2 Å². The second-order valence-electron chi connectivity index (χ2n) is 4.46. The molecular weight excluding hydrogens is 298 g/mol. The molecule has 3 N–H and O–H groups in total. The fourth-order valence-electron chi connectivity index (χ4n) is 2.07. The summed E-state index contributed by atoms with van der Waals surface area (Å²) >= 11 is 1.33. The lowest BCUT2D eigenvalue weighted by Gasteiger charge is -2.08. The van der Waals surface area contributed by atoms with Gasteiger partial charge in [0.25, 0.3) is 0 Å². The maximum absolute atomic E-state index is 4.89. The van der Waals surface area contributed by atoms with E-state index in [1.165, 1.54) is 37.7 Å². The summed E-state index contributed by atoms with van der Waals surface area (Å²) in [5.41, 5.74) is 9.81. The molecule has 0 unspecified atom stereocenters. The Hall–Kier alpha value is -0.790. The van der Waals surface area contributed by atoms with Gasteiger partial charge in [-0.3, -0.25) is 21.2 Å². The van der Waals surface area contributed by atoms with Crippen LogP contribution in [0.2, 0.25) is 0 Å². The normalized spacial score (nSPS) is 13.7. The first-order valence-electron chi connectivity index (χ1n) is 7.82. The van der Waals surface area contributed by atoms with Crippen LogP contribution >= 0.6 is 12.0 Å². The van der Waals surface area contributed by atoms with Crippen molar-refractivity contribution in [3.8, 4) is 0 Å². The molecule has 128 valence electrons. The summed E-state index contributed by atoms with van der Waals surface area (Å²) in [4.78, 5) is 5.81. The molecule has 22 heavy (non-hydrogen) atoms. The van der Waals surface area contributed by atoms with Crippen LogP contribution < -0.4 is 16.3 Å². The molecular formula is C16H31N3O2S. The van der Waals surface area contributed by atoms with E-state index >= 15 is 0 Å². The maximum Gasteiger partial charge on any atom is 0.0636 e. The minimum absolute atomic E-state index is 0.750. The van der Waals surface area contributed by atoms with Gasteiger partial charge < -0.3 is 4.18 Å². The lowest BCUT2D eigenvalue weighted by atomic mass is 10.3. The number of benzene rings is 1. The van der Waals surface area contributed by atoms with Crippen LogP contribution in [0, 0.1) is 0 Å². The lowest BCUT2D eigenvalue weighted by Crippen LogP contribution is -2.36. The molecule has 1 aliphatic carbocycles. The van der Waals surface area contributed by atoms with Gasteiger partial charge in [0.2, 0.25) is 0 Å². The molecule has 0 aromatic heterocycles. The molecule has 1 aliphatic rings. The molecule has 0 aliphatic heterocycles. The highest BCUT2D eigenvalue weighted by Gasteiger charge is 2.12. The third-order valence-corrected chi connectivity index (χ3v) is 3.59. The monoisotopic (exact) mass is 329 g/mol. The van der Waals surface area contributed by atoms with Crippen molar-refractivity contribution in [1.29, 1.82) is 0 Å². The average Bonchev–Trinajstić information content (AvgIpc) is 3.06. The van der Waals surface area contributed by atoms with E-state index in [2.05, 4.69) is 16.3 Å². The van der Waals surface area contributed by atoms with Crippen molar-refractivity contribution in [3.63, 3.8) is 0 Å². The zero-order valence-corrected chi connectivity index (χ0v) is 15.3. The topological polar surface area (TPSA) is 54.5 Å². The minimum Gasteiger partial charge on any atom is -0.314 e. The lowest BCUT2D eigenvalue weighted by molar-refractivity contribution is 0.271. The SMILES string of the molecule is CC.CNNC1CCCC1.CONc1ccc(SOC)cc1. The summed E-state index contributed by atoms with van der Waals surface area (Å²) in [5.74, 6) is 0. The standard InChI is InChI=1S/C8H11NO2S.C6H14N2.C2H6/c1-10-9-7-3-5-8(6-4-7)12-11-2;1-7-8-6-4-2-3-5-6;1-2/h3-6,9H,1-2H3;6-8H,2-5H2,1H3;1-2H3. The number of hydrazine groups is 1. The van der Waals surface area contributed by atoms with E-state index in [4.69, 9.17) is 9.02 Å². The molecule has 0 heterocycles. The van der Waals surface area contributed by atoms with E-state index in [9.17, 15) is 0 Å². The quantitative estimate of drug-likeness (QED) is 0.542.